The highest BCUT2D eigenvalue weighted by molar-refractivity contribution is 8.20. The molecular formula is C7H17ClNO4S2+. The molecule has 0 aromatic heterocycles. The van der Waals surface area contributed by atoms with E-state index in [0.29, 0.717) is 19.6 Å². The van der Waals surface area contributed by atoms with Crippen LogP contribution in [0.1, 0.15) is 20.8 Å². The second-order valence-corrected chi connectivity index (χ2v) is 8.61. The molecule has 0 spiro atoms. The molecule has 0 aromatic carbocycles. The maximum absolute atomic E-state index is 11.9. The van der Waals surface area contributed by atoms with Crippen molar-refractivity contribution in [2.75, 3.05) is 24.7 Å². The molecule has 15 heavy (non-hydrogen) atoms. The average Bonchev–Trinajstić information content (AvgIpc) is 2.03. The Labute approximate surface area is 96.1 Å². The van der Waals surface area contributed by atoms with Crippen molar-refractivity contribution in [1.29, 1.82) is 0 Å². The van der Waals surface area contributed by atoms with Crippen molar-refractivity contribution in [2.24, 2.45) is 0 Å². The van der Waals surface area contributed by atoms with Crippen LogP contribution in [0.25, 0.3) is 0 Å². The summed E-state index contributed by atoms with van der Waals surface area (Å²) in [7, 11) is -2.82. The van der Waals surface area contributed by atoms with E-state index < -0.39 is 24.2 Å². The molecule has 5 nitrogen and oxygen atoms in total. The van der Waals surface area contributed by atoms with Gasteiger partial charge in [0.2, 0.25) is 5.08 Å². The zero-order chi connectivity index (χ0) is 12.3. The molecule has 0 saturated carbocycles. The predicted octanol–water partition coefficient (Wildman–Crippen LogP) is 0.719. The van der Waals surface area contributed by atoms with E-state index in [-0.39, 0.29) is 3.89 Å². The van der Waals surface area contributed by atoms with Gasteiger partial charge in [-0.05, 0) is 20.8 Å². The van der Waals surface area contributed by atoms with Gasteiger partial charge in [0.15, 0.2) is 0 Å². The summed E-state index contributed by atoms with van der Waals surface area (Å²) in [5.74, 6) is 0. The van der Waals surface area contributed by atoms with Crippen LogP contribution < -0.4 is 0 Å². The van der Waals surface area contributed by atoms with Crippen LogP contribution in [0.4, 0.5) is 0 Å². The molecule has 0 amide bonds. The number of sulfonamides is 1. The number of nitrogens with zero attached hydrogens (tertiary/aromatic N) is 1. The quantitative estimate of drug-likeness (QED) is 0.530. The van der Waals surface area contributed by atoms with Crippen molar-refractivity contribution in [3.63, 3.8) is 0 Å². The largest absolute Gasteiger partial charge is 0.312 e. The van der Waals surface area contributed by atoms with E-state index in [1.165, 1.54) is 0 Å². The summed E-state index contributed by atoms with van der Waals surface area (Å²) in [6.07, 6.45) is 0. The Hall–Kier alpha value is 0.150. The molecule has 0 aromatic rings. The van der Waals surface area contributed by atoms with Crippen LogP contribution >= 0.6 is 10.7 Å². The fourth-order valence-electron chi connectivity index (χ4n) is 1.55. The second-order valence-electron chi connectivity index (χ2n) is 3.25. The monoisotopic (exact) mass is 278 g/mol. The second kappa shape index (κ2) is 4.99. The van der Waals surface area contributed by atoms with Crippen LogP contribution in [0, 0.1) is 0 Å². The molecule has 0 bridgehead atoms. The van der Waals surface area contributed by atoms with Crippen molar-refractivity contribution < 1.29 is 20.7 Å². The van der Waals surface area contributed by atoms with Gasteiger partial charge in [-0.3, -0.25) is 0 Å². The third-order valence-electron chi connectivity index (χ3n) is 2.61. The molecule has 92 valence electrons. The molecule has 0 fully saturated rings. The lowest BCUT2D eigenvalue weighted by Crippen LogP contribution is -2.53. The Morgan fingerprint density at radius 3 is 1.47 bits per heavy atom. The lowest BCUT2D eigenvalue weighted by molar-refractivity contribution is -0.800. The van der Waals surface area contributed by atoms with Crippen molar-refractivity contribution in [3.8, 4) is 0 Å². The van der Waals surface area contributed by atoms with Gasteiger partial charge in [-0.1, -0.05) is 0 Å². The fourth-order valence-corrected chi connectivity index (χ4v) is 6.06. The number of halogens is 1. The number of hydrogen-bond donors (Lipinski definition) is 0. The topological polar surface area (TPSA) is 68.3 Å². The van der Waals surface area contributed by atoms with Crippen LogP contribution in [0.2, 0.25) is 0 Å². The first-order valence-electron chi connectivity index (χ1n) is 4.65. The SMILES string of the molecule is CC[N+](CC)(CC)S(=O)(=O)CS(=O)(=O)Cl. The van der Waals surface area contributed by atoms with Crippen LogP contribution in [-0.4, -0.2) is 45.4 Å². The highest BCUT2D eigenvalue weighted by Gasteiger charge is 2.40. The molecule has 0 aliphatic heterocycles. The molecule has 0 heterocycles. The summed E-state index contributed by atoms with van der Waals surface area (Å²) in [6.45, 7) is 6.15. The summed E-state index contributed by atoms with van der Waals surface area (Å²) >= 11 is 0. The van der Waals surface area contributed by atoms with Crippen molar-refractivity contribution in [1.82, 2.24) is 0 Å². The Balaban J connectivity index is 5.34. The minimum Gasteiger partial charge on any atom is -0.218 e. The van der Waals surface area contributed by atoms with Gasteiger partial charge in [-0.25, -0.2) is 12.3 Å². The van der Waals surface area contributed by atoms with E-state index in [1.54, 1.807) is 20.8 Å². The molecule has 8 heteroatoms. The average molecular weight is 279 g/mol. The lowest BCUT2D eigenvalue weighted by atomic mass is 10.5. The van der Waals surface area contributed by atoms with Gasteiger partial charge in [0.1, 0.15) is 0 Å². The number of quaternary nitrogens is 1. The van der Waals surface area contributed by atoms with Crippen molar-refractivity contribution in [2.45, 2.75) is 20.8 Å². The van der Waals surface area contributed by atoms with Gasteiger partial charge in [0.25, 0.3) is 9.05 Å². The van der Waals surface area contributed by atoms with Crippen molar-refractivity contribution in [3.05, 3.63) is 0 Å². The number of hydrogen-bond acceptors (Lipinski definition) is 4. The predicted molar refractivity (Wildman–Crippen MR) is 60.4 cm³/mol. The minimum atomic E-state index is -4.03. The molecule has 0 N–H and O–H groups in total. The van der Waals surface area contributed by atoms with Gasteiger partial charge >= 0.3 is 10.0 Å². The minimum absolute atomic E-state index is 0.251. The van der Waals surface area contributed by atoms with E-state index in [4.69, 9.17) is 10.7 Å². The standard InChI is InChI=1S/C7H17ClNO4S2/c1-4-9(5-2,6-3)15(12,13)7-14(8,10)11/h4-7H2,1-3H3/q+1. The van der Waals surface area contributed by atoms with Crippen LogP contribution in [0.3, 0.4) is 0 Å². The van der Waals surface area contributed by atoms with Crippen LogP contribution in [-0.2, 0) is 19.1 Å². The molecule has 0 aliphatic rings. The van der Waals surface area contributed by atoms with E-state index in [1.807, 2.05) is 0 Å². The molecule has 0 aliphatic carbocycles. The Morgan fingerprint density at radius 1 is 0.933 bits per heavy atom. The summed E-state index contributed by atoms with van der Waals surface area (Å²) in [5.41, 5.74) is 0. The molecule has 0 unspecified atom stereocenters. The smallest absolute Gasteiger partial charge is 0.218 e. The normalized spacial score (nSPS) is 14.1. The third-order valence-corrected chi connectivity index (χ3v) is 7.68. The summed E-state index contributed by atoms with van der Waals surface area (Å²) < 4.78 is 45.1. The number of rotatable bonds is 6. The van der Waals surface area contributed by atoms with Gasteiger partial charge in [0.05, 0.1) is 19.6 Å². The van der Waals surface area contributed by atoms with Gasteiger partial charge in [0, 0.05) is 10.7 Å². The van der Waals surface area contributed by atoms with Crippen LogP contribution in [0.5, 0.6) is 0 Å². The molecular weight excluding hydrogens is 262 g/mol. The lowest BCUT2D eigenvalue weighted by Gasteiger charge is -2.33. The van der Waals surface area contributed by atoms with Crippen molar-refractivity contribution >= 4 is 29.8 Å². The molecule has 0 radical (unpaired) electrons. The van der Waals surface area contributed by atoms with E-state index in [2.05, 4.69) is 0 Å². The zero-order valence-corrected chi connectivity index (χ0v) is 11.5. The van der Waals surface area contributed by atoms with Crippen LogP contribution in [0.15, 0.2) is 0 Å². The first kappa shape index (κ1) is 15.2. The van der Waals surface area contributed by atoms with E-state index >= 15 is 0 Å². The Kier molecular flexibility index (Phi) is 5.04. The Morgan fingerprint density at radius 2 is 1.27 bits per heavy atom. The Bertz CT molecular complexity index is 388. The van der Waals surface area contributed by atoms with E-state index in [9.17, 15) is 16.8 Å². The van der Waals surface area contributed by atoms with Gasteiger partial charge in [-0.2, -0.15) is 8.42 Å². The first-order valence-corrected chi connectivity index (χ1v) is 8.74. The third kappa shape index (κ3) is 3.58. The summed E-state index contributed by atoms with van der Waals surface area (Å²) in [4.78, 5) is 0. The van der Waals surface area contributed by atoms with E-state index in [0.717, 1.165) is 0 Å². The highest BCUT2D eigenvalue weighted by atomic mass is 35.7. The molecule has 0 saturated heterocycles. The summed E-state index contributed by atoms with van der Waals surface area (Å²) in [5, 5.41) is -1.00. The molecule has 0 atom stereocenters. The zero-order valence-electron chi connectivity index (χ0n) is 9.10. The maximum Gasteiger partial charge on any atom is 0.312 e. The van der Waals surface area contributed by atoms with Gasteiger partial charge < -0.3 is 0 Å². The van der Waals surface area contributed by atoms with Gasteiger partial charge in [-0.15, -0.1) is 0 Å². The summed E-state index contributed by atoms with van der Waals surface area (Å²) in [6, 6.07) is 0. The molecule has 0 rings (SSSR count). The highest BCUT2D eigenvalue weighted by Crippen LogP contribution is 2.18. The first-order chi connectivity index (χ1) is 6.64. The fraction of sp³-hybridized carbons (Fsp3) is 1.00. The maximum atomic E-state index is 11.9.